The molecule has 0 unspecified atom stereocenters. The third-order valence-corrected chi connectivity index (χ3v) is 6.61. The molecule has 1 heterocycles. The second-order valence-electron chi connectivity index (χ2n) is 6.82. The number of carbonyl (C=O) groups is 2. The quantitative estimate of drug-likeness (QED) is 0.667. The highest BCUT2D eigenvalue weighted by Gasteiger charge is 2.30. The van der Waals surface area contributed by atoms with Crippen molar-refractivity contribution in [3.63, 3.8) is 0 Å². The molecule has 0 aliphatic carbocycles. The highest BCUT2D eigenvalue weighted by atomic mass is 32.2. The highest BCUT2D eigenvalue weighted by molar-refractivity contribution is 7.92. The summed E-state index contributed by atoms with van der Waals surface area (Å²) in [5.74, 6) is -0.881. The minimum absolute atomic E-state index is 0.0472. The van der Waals surface area contributed by atoms with E-state index in [2.05, 4.69) is 0 Å². The molecule has 0 aromatic heterocycles. The molecule has 0 saturated carbocycles. The molecular formula is C20H22FN3O4S. The lowest BCUT2D eigenvalue weighted by atomic mass is 10.2. The summed E-state index contributed by atoms with van der Waals surface area (Å²) in [6.07, 6.45) is 0.731. The summed E-state index contributed by atoms with van der Waals surface area (Å²) in [7, 11) is -4.04. The summed E-state index contributed by atoms with van der Waals surface area (Å²) in [6, 6.07) is 11.3. The number of carbonyl (C=O) groups excluding carboxylic acids is 2. The van der Waals surface area contributed by atoms with E-state index in [4.69, 9.17) is 0 Å². The van der Waals surface area contributed by atoms with Crippen molar-refractivity contribution in [3.8, 4) is 0 Å². The van der Waals surface area contributed by atoms with Gasteiger partial charge in [-0.2, -0.15) is 0 Å². The van der Waals surface area contributed by atoms with E-state index in [1.807, 2.05) is 6.92 Å². The average molecular weight is 419 g/mol. The fourth-order valence-corrected chi connectivity index (χ4v) is 4.47. The van der Waals surface area contributed by atoms with Crippen LogP contribution in [0.25, 0.3) is 0 Å². The zero-order valence-electron chi connectivity index (χ0n) is 16.0. The maximum absolute atomic E-state index is 13.4. The second-order valence-corrected chi connectivity index (χ2v) is 8.69. The molecule has 0 spiro atoms. The number of piperazine rings is 1. The molecule has 1 saturated heterocycles. The average Bonchev–Trinajstić information content (AvgIpc) is 2.73. The summed E-state index contributed by atoms with van der Waals surface area (Å²) < 4.78 is 40.9. The predicted octanol–water partition coefficient (Wildman–Crippen LogP) is 1.63. The first-order chi connectivity index (χ1) is 13.8. The van der Waals surface area contributed by atoms with E-state index >= 15 is 0 Å². The summed E-state index contributed by atoms with van der Waals surface area (Å²) in [5, 5.41) is 0. The zero-order chi connectivity index (χ0) is 21.0. The van der Waals surface area contributed by atoms with Gasteiger partial charge in [0.2, 0.25) is 12.3 Å². The Labute approximate surface area is 169 Å². The Bertz CT molecular complexity index is 970. The van der Waals surface area contributed by atoms with Crippen LogP contribution in [0, 0.1) is 12.7 Å². The van der Waals surface area contributed by atoms with Crippen molar-refractivity contribution >= 4 is 28.0 Å². The minimum Gasteiger partial charge on any atom is -0.342 e. The number of sulfonamides is 1. The van der Waals surface area contributed by atoms with Gasteiger partial charge >= 0.3 is 0 Å². The Balaban J connectivity index is 1.89. The van der Waals surface area contributed by atoms with Gasteiger partial charge in [-0.3, -0.25) is 13.9 Å². The van der Waals surface area contributed by atoms with E-state index in [1.54, 1.807) is 17.0 Å². The smallest absolute Gasteiger partial charge is 0.264 e. The van der Waals surface area contributed by atoms with Crippen molar-refractivity contribution in [1.82, 2.24) is 9.80 Å². The predicted molar refractivity (Wildman–Crippen MR) is 106 cm³/mol. The van der Waals surface area contributed by atoms with Gasteiger partial charge in [0.1, 0.15) is 12.4 Å². The molecule has 0 bridgehead atoms. The Kier molecular flexibility index (Phi) is 6.17. The number of aryl methyl sites for hydroxylation is 1. The largest absolute Gasteiger partial charge is 0.342 e. The Morgan fingerprint density at radius 3 is 2.17 bits per heavy atom. The van der Waals surface area contributed by atoms with Gasteiger partial charge in [-0.1, -0.05) is 17.7 Å². The molecule has 154 valence electrons. The normalized spacial score (nSPS) is 14.6. The maximum Gasteiger partial charge on any atom is 0.264 e. The molecule has 7 nitrogen and oxygen atoms in total. The van der Waals surface area contributed by atoms with Crippen LogP contribution in [0.2, 0.25) is 0 Å². The van der Waals surface area contributed by atoms with Crippen LogP contribution < -0.4 is 4.31 Å². The number of halogens is 1. The van der Waals surface area contributed by atoms with Gasteiger partial charge in [-0.15, -0.1) is 0 Å². The number of amides is 2. The molecule has 1 aliphatic rings. The molecule has 9 heteroatoms. The fraction of sp³-hybridized carbons (Fsp3) is 0.300. The summed E-state index contributed by atoms with van der Waals surface area (Å²) in [6.45, 7) is 2.89. The van der Waals surface area contributed by atoms with Crippen LogP contribution in [-0.2, 0) is 19.6 Å². The van der Waals surface area contributed by atoms with E-state index < -0.39 is 22.4 Å². The molecule has 1 fully saturated rings. The minimum atomic E-state index is -4.04. The zero-order valence-corrected chi connectivity index (χ0v) is 16.8. The van der Waals surface area contributed by atoms with E-state index in [-0.39, 0.29) is 16.5 Å². The van der Waals surface area contributed by atoms with Crippen molar-refractivity contribution in [2.24, 2.45) is 0 Å². The summed E-state index contributed by atoms with van der Waals surface area (Å²) in [5.41, 5.74) is 1.10. The molecule has 2 amide bonds. The van der Waals surface area contributed by atoms with Crippen LogP contribution in [0.4, 0.5) is 10.1 Å². The Morgan fingerprint density at radius 2 is 1.62 bits per heavy atom. The van der Waals surface area contributed by atoms with Crippen LogP contribution in [0.5, 0.6) is 0 Å². The van der Waals surface area contributed by atoms with Gasteiger partial charge in [0, 0.05) is 26.2 Å². The van der Waals surface area contributed by atoms with Crippen molar-refractivity contribution in [2.75, 3.05) is 37.0 Å². The fourth-order valence-electron chi connectivity index (χ4n) is 3.06. The van der Waals surface area contributed by atoms with Crippen LogP contribution >= 0.6 is 0 Å². The first-order valence-electron chi connectivity index (χ1n) is 9.13. The van der Waals surface area contributed by atoms with Gasteiger partial charge < -0.3 is 9.80 Å². The van der Waals surface area contributed by atoms with Gasteiger partial charge in [0.05, 0.1) is 10.6 Å². The molecule has 29 heavy (non-hydrogen) atoms. The molecule has 2 aromatic rings. The SMILES string of the molecule is Cc1ccc(S(=O)(=O)N(CC(=O)N2CCN(C=O)CC2)c2ccc(F)cc2)cc1. The first kappa shape index (κ1) is 20.8. The van der Waals surface area contributed by atoms with E-state index in [9.17, 15) is 22.4 Å². The monoisotopic (exact) mass is 419 g/mol. The molecule has 0 radical (unpaired) electrons. The number of anilines is 1. The number of benzene rings is 2. The lowest BCUT2D eigenvalue weighted by Crippen LogP contribution is -2.51. The molecule has 3 rings (SSSR count). The van der Waals surface area contributed by atoms with Crippen LogP contribution in [0.3, 0.4) is 0 Å². The third-order valence-electron chi connectivity index (χ3n) is 4.82. The summed E-state index contributed by atoms with van der Waals surface area (Å²) in [4.78, 5) is 26.8. The number of hydrogen-bond acceptors (Lipinski definition) is 4. The van der Waals surface area contributed by atoms with Gasteiger partial charge in [0.25, 0.3) is 10.0 Å². The number of rotatable bonds is 6. The number of nitrogens with zero attached hydrogens (tertiary/aromatic N) is 3. The van der Waals surface area contributed by atoms with E-state index in [0.29, 0.717) is 26.2 Å². The van der Waals surface area contributed by atoms with Crippen LogP contribution in [0.15, 0.2) is 53.4 Å². The maximum atomic E-state index is 13.4. The number of hydrogen-bond donors (Lipinski definition) is 0. The van der Waals surface area contributed by atoms with E-state index in [0.717, 1.165) is 28.4 Å². The molecular weight excluding hydrogens is 397 g/mol. The Hall–Kier alpha value is -2.94. The molecule has 0 N–H and O–H groups in total. The summed E-state index contributed by atoms with van der Waals surface area (Å²) >= 11 is 0. The van der Waals surface area contributed by atoms with Crippen molar-refractivity contribution in [3.05, 3.63) is 59.9 Å². The highest BCUT2D eigenvalue weighted by Crippen LogP contribution is 2.24. The lowest BCUT2D eigenvalue weighted by Gasteiger charge is -2.34. The molecule has 2 aromatic carbocycles. The van der Waals surface area contributed by atoms with Crippen molar-refractivity contribution in [2.45, 2.75) is 11.8 Å². The van der Waals surface area contributed by atoms with Gasteiger partial charge in [-0.25, -0.2) is 12.8 Å². The van der Waals surface area contributed by atoms with Crippen molar-refractivity contribution < 1.29 is 22.4 Å². The first-order valence-corrected chi connectivity index (χ1v) is 10.6. The van der Waals surface area contributed by atoms with Gasteiger partial charge in [0.15, 0.2) is 0 Å². The topological polar surface area (TPSA) is 78.0 Å². The van der Waals surface area contributed by atoms with Crippen molar-refractivity contribution in [1.29, 1.82) is 0 Å². The van der Waals surface area contributed by atoms with Crippen LogP contribution in [-0.4, -0.2) is 63.3 Å². The standard InChI is InChI=1S/C20H22FN3O4S/c1-16-2-8-19(9-3-16)29(27,28)24(18-6-4-17(21)5-7-18)14-20(26)23-12-10-22(15-25)11-13-23/h2-9,15H,10-14H2,1H3. The molecule has 0 atom stereocenters. The lowest BCUT2D eigenvalue weighted by molar-refractivity contribution is -0.133. The molecule has 1 aliphatic heterocycles. The second kappa shape index (κ2) is 8.60. The van der Waals surface area contributed by atoms with Gasteiger partial charge in [-0.05, 0) is 43.3 Å². The third kappa shape index (κ3) is 4.73. The van der Waals surface area contributed by atoms with E-state index in [1.165, 1.54) is 29.2 Å². The van der Waals surface area contributed by atoms with Crippen LogP contribution in [0.1, 0.15) is 5.56 Å². The Morgan fingerprint density at radius 1 is 1.03 bits per heavy atom.